The summed E-state index contributed by atoms with van der Waals surface area (Å²) in [6.45, 7) is 10.3. The normalized spacial score (nSPS) is 36.3. The van der Waals surface area contributed by atoms with Crippen molar-refractivity contribution in [2.24, 2.45) is 11.8 Å². The Labute approximate surface area is 125 Å². The fraction of sp³-hybridized carbons (Fsp3) is 1.00. The maximum Gasteiger partial charge on any atom is 0.0120 e. The van der Waals surface area contributed by atoms with Gasteiger partial charge in [-0.15, -0.1) is 0 Å². The third kappa shape index (κ3) is 3.57. The number of likely N-dealkylation sites (tertiary alicyclic amines) is 2. The van der Waals surface area contributed by atoms with Crippen LogP contribution in [0.1, 0.15) is 65.2 Å². The molecule has 0 amide bonds. The van der Waals surface area contributed by atoms with Crippen LogP contribution in [0.15, 0.2) is 0 Å². The first-order valence-electron chi connectivity index (χ1n) is 9.20. The zero-order valence-corrected chi connectivity index (χ0v) is 13.7. The molecule has 2 heteroatoms. The van der Waals surface area contributed by atoms with E-state index in [0.717, 1.165) is 23.9 Å². The molecule has 3 rings (SSSR count). The number of hydrogen-bond donors (Lipinski definition) is 0. The molecule has 2 saturated heterocycles. The van der Waals surface area contributed by atoms with Crippen molar-refractivity contribution in [3.05, 3.63) is 0 Å². The van der Waals surface area contributed by atoms with Crippen LogP contribution >= 0.6 is 0 Å². The molecule has 3 aliphatic rings. The largest absolute Gasteiger partial charge is 0.300 e. The number of hydrogen-bond acceptors (Lipinski definition) is 2. The molecule has 1 aliphatic carbocycles. The van der Waals surface area contributed by atoms with Gasteiger partial charge in [0.2, 0.25) is 0 Å². The average molecular weight is 278 g/mol. The average Bonchev–Trinajstić information content (AvgIpc) is 2.48. The van der Waals surface area contributed by atoms with Gasteiger partial charge in [-0.1, -0.05) is 26.7 Å². The van der Waals surface area contributed by atoms with E-state index in [1.807, 2.05) is 0 Å². The lowest BCUT2D eigenvalue weighted by atomic mass is 9.85. The van der Waals surface area contributed by atoms with Crippen LogP contribution in [0.2, 0.25) is 0 Å². The highest BCUT2D eigenvalue weighted by Gasteiger charge is 2.31. The van der Waals surface area contributed by atoms with Crippen LogP contribution in [0.4, 0.5) is 0 Å². The zero-order chi connectivity index (χ0) is 13.9. The highest BCUT2D eigenvalue weighted by Crippen LogP contribution is 2.30. The van der Waals surface area contributed by atoms with E-state index < -0.39 is 0 Å². The molecule has 0 aromatic heterocycles. The molecule has 20 heavy (non-hydrogen) atoms. The molecule has 0 aromatic carbocycles. The summed E-state index contributed by atoms with van der Waals surface area (Å²) in [5.41, 5.74) is 0. The number of piperidine rings is 2. The second-order valence-corrected chi connectivity index (χ2v) is 7.91. The summed E-state index contributed by atoms with van der Waals surface area (Å²) in [5, 5.41) is 0. The maximum atomic E-state index is 2.83. The molecule has 2 heterocycles. The molecule has 0 radical (unpaired) electrons. The molecule has 2 unspecified atom stereocenters. The van der Waals surface area contributed by atoms with Crippen LogP contribution in [0.5, 0.6) is 0 Å². The van der Waals surface area contributed by atoms with Crippen LogP contribution in [-0.4, -0.2) is 48.1 Å². The lowest BCUT2D eigenvalue weighted by molar-refractivity contribution is 0.0487. The second kappa shape index (κ2) is 6.79. The van der Waals surface area contributed by atoms with Crippen molar-refractivity contribution in [2.75, 3.05) is 26.2 Å². The Kier molecular flexibility index (Phi) is 5.04. The SMILES string of the molecule is CC1CCN(C2CCN(C3CCCC(C)C3)CC2)CC1. The van der Waals surface area contributed by atoms with Gasteiger partial charge in [-0.3, -0.25) is 0 Å². The van der Waals surface area contributed by atoms with Crippen LogP contribution < -0.4 is 0 Å². The highest BCUT2D eigenvalue weighted by atomic mass is 15.2. The Bertz CT molecular complexity index is 288. The molecule has 116 valence electrons. The lowest BCUT2D eigenvalue weighted by Gasteiger charge is -2.44. The number of nitrogens with zero attached hydrogens (tertiary/aromatic N) is 2. The van der Waals surface area contributed by atoms with Gasteiger partial charge in [0.05, 0.1) is 0 Å². The molecule has 0 aromatic rings. The molecule has 0 bridgehead atoms. The third-order valence-electron chi connectivity index (χ3n) is 6.26. The Balaban J connectivity index is 1.44. The Morgan fingerprint density at radius 3 is 1.85 bits per heavy atom. The summed E-state index contributed by atoms with van der Waals surface area (Å²) < 4.78 is 0. The summed E-state index contributed by atoms with van der Waals surface area (Å²) in [7, 11) is 0. The van der Waals surface area contributed by atoms with Crippen molar-refractivity contribution >= 4 is 0 Å². The predicted octanol–water partition coefficient (Wildman–Crippen LogP) is 3.76. The van der Waals surface area contributed by atoms with Gasteiger partial charge in [0.25, 0.3) is 0 Å². The van der Waals surface area contributed by atoms with Gasteiger partial charge >= 0.3 is 0 Å². The minimum atomic E-state index is 0.903. The maximum absolute atomic E-state index is 2.83. The van der Waals surface area contributed by atoms with E-state index in [4.69, 9.17) is 0 Å². The Morgan fingerprint density at radius 2 is 1.20 bits per heavy atom. The molecular weight excluding hydrogens is 244 g/mol. The van der Waals surface area contributed by atoms with Crippen molar-refractivity contribution < 1.29 is 0 Å². The van der Waals surface area contributed by atoms with E-state index in [0.29, 0.717) is 0 Å². The Morgan fingerprint density at radius 1 is 0.600 bits per heavy atom. The first-order valence-corrected chi connectivity index (χ1v) is 9.20. The van der Waals surface area contributed by atoms with Gasteiger partial charge in [0.15, 0.2) is 0 Å². The fourth-order valence-corrected chi connectivity index (χ4v) is 4.74. The minimum Gasteiger partial charge on any atom is -0.300 e. The van der Waals surface area contributed by atoms with Gasteiger partial charge < -0.3 is 9.80 Å². The van der Waals surface area contributed by atoms with Gasteiger partial charge in [-0.05, 0) is 76.5 Å². The second-order valence-electron chi connectivity index (χ2n) is 7.91. The van der Waals surface area contributed by atoms with E-state index in [9.17, 15) is 0 Å². The van der Waals surface area contributed by atoms with Crippen molar-refractivity contribution in [2.45, 2.75) is 77.3 Å². The monoisotopic (exact) mass is 278 g/mol. The molecule has 2 nitrogen and oxygen atoms in total. The molecule has 2 atom stereocenters. The van der Waals surface area contributed by atoms with E-state index in [1.165, 1.54) is 77.5 Å². The van der Waals surface area contributed by atoms with E-state index in [-0.39, 0.29) is 0 Å². The standard InChI is InChI=1S/C18H34N2/c1-15-6-10-19(11-7-15)17-8-12-20(13-9-17)18-5-3-4-16(2)14-18/h15-18H,3-14H2,1-2H3. The Hall–Kier alpha value is -0.0800. The van der Waals surface area contributed by atoms with Crippen molar-refractivity contribution in [1.82, 2.24) is 9.80 Å². The highest BCUT2D eigenvalue weighted by molar-refractivity contribution is 4.87. The summed E-state index contributed by atoms with van der Waals surface area (Å²) >= 11 is 0. The molecular formula is C18H34N2. The third-order valence-corrected chi connectivity index (χ3v) is 6.26. The first kappa shape index (κ1) is 14.8. The van der Waals surface area contributed by atoms with Gasteiger partial charge in [-0.2, -0.15) is 0 Å². The summed E-state index contributed by atoms with van der Waals surface area (Å²) in [6.07, 6.45) is 11.6. The van der Waals surface area contributed by atoms with Gasteiger partial charge in [0, 0.05) is 12.1 Å². The summed E-state index contributed by atoms with van der Waals surface area (Å²) in [6, 6.07) is 1.82. The van der Waals surface area contributed by atoms with Crippen molar-refractivity contribution in [3.8, 4) is 0 Å². The molecule has 1 saturated carbocycles. The quantitative estimate of drug-likeness (QED) is 0.759. The summed E-state index contributed by atoms with van der Waals surface area (Å²) in [4.78, 5) is 5.64. The molecule has 3 fully saturated rings. The van der Waals surface area contributed by atoms with Crippen LogP contribution in [0.3, 0.4) is 0 Å². The zero-order valence-electron chi connectivity index (χ0n) is 13.7. The van der Waals surface area contributed by atoms with Crippen LogP contribution in [0.25, 0.3) is 0 Å². The van der Waals surface area contributed by atoms with E-state index >= 15 is 0 Å². The topological polar surface area (TPSA) is 6.48 Å². The molecule has 0 spiro atoms. The van der Waals surface area contributed by atoms with Crippen molar-refractivity contribution in [3.63, 3.8) is 0 Å². The molecule has 0 N–H and O–H groups in total. The van der Waals surface area contributed by atoms with Crippen molar-refractivity contribution in [1.29, 1.82) is 0 Å². The number of rotatable bonds is 2. The smallest absolute Gasteiger partial charge is 0.0120 e. The van der Waals surface area contributed by atoms with Crippen LogP contribution in [0, 0.1) is 11.8 Å². The summed E-state index contributed by atoms with van der Waals surface area (Å²) in [5.74, 6) is 1.94. The molecule has 2 aliphatic heterocycles. The van der Waals surface area contributed by atoms with E-state index in [2.05, 4.69) is 23.6 Å². The first-order chi connectivity index (χ1) is 9.72. The fourth-order valence-electron chi connectivity index (χ4n) is 4.74. The van der Waals surface area contributed by atoms with Gasteiger partial charge in [-0.25, -0.2) is 0 Å². The predicted molar refractivity (Wildman–Crippen MR) is 86.0 cm³/mol. The van der Waals surface area contributed by atoms with Gasteiger partial charge in [0.1, 0.15) is 0 Å². The minimum absolute atomic E-state index is 0.903. The van der Waals surface area contributed by atoms with Crippen LogP contribution in [-0.2, 0) is 0 Å². The van der Waals surface area contributed by atoms with E-state index in [1.54, 1.807) is 0 Å². The lowest BCUT2D eigenvalue weighted by Crippen LogP contribution is -2.50.